The highest BCUT2D eigenvalue weighted by molar-refractivity contribution is 5.79. The Bertz CT molecular complexity index is 910. The molecule has 1 saturated heterocycles. The van der Waals surface area contributed by atoms with Crippen molar-refractivity contribution in [2.75, 3.05) is 13.1 Å². The van der Waals surface area contributed by atoms with Crippen molar-refractivity contribution in [3.63, 3.8) is 0 Å². The summed E-state index contributed by atoms with van der Waals surface area (Å²) >= 11 is 0. The van der Waals surface area contributed by atoms with Crippen molar-refractivity contribution in [3.05, 3.63) is 65.0 Å². The van der Waals surface area contributed by atoms with Gasteiger partial charge in [-0.15, -0.1) is 0 Å². The van der Waals surface area contributed by atoms with Gasteiger partial charge in [0.15, 0.2) is 0 Å². The second-order valence-corrected chi connectivity index (χ2v) is 9.37. The SMILES string of the molecule is Cc1ccc2c(c1)[C@@H](NC(=O)[C@H]1CCCN(Cc3ccc(F)cc3)C1)CC(C)(C)O2. The van der Waals surface area contributed by atoms with Crippen LogP contribution in [0.3, 0.4) is 0 Å². The van der Waals surface area contributed by atoms with E-state index in [0.717, 1.165) is 55.8 Å². The molecule has 1 amide bonds. The number of likely N-dealkylation sites (tertiary alicyclic amines) is 1. The van der Waals surface area contributed by atoms with Crippen LogP contribution < -0.4 is 10.1 Å². The van der Waals surface area contributed by atoms with Gasteiger partial charge in [0, 0.05) is 25.1 Å². The number of carbonyl (C=O) groups is 1. The van der Waals surface area contributed by atoms with E-state index in [9.17, 15) is 9.18 Å². The Hall–Kier alpha value is -2.40. The number of rotatable bonds is 4. The number of ether oxygens (including phenoxy) is 1. The van der Waals surface area contributed by atoms with Crippen molar-refractivity contribution < 1.29 is 13.9 Å². The minimum absolute atomic E-state index is 0.0292. The maximum absolute atomic E-state index is 13.2. The molecular formula is C25H31FN2O2. The second-order valence-electron chi connectivity index (χ2n) is 9.37. The zero-order valence-corrected chi connectivity index (χ0v) is 18.1. The minimum atomic E-state index is -0.318. The van der Waals surface area contributed by atoms with Gasteiger partial charge in [-0.3, -0.25) is 9.69 Å². The first-order chi connectivity index (χ1) is 14.3. The van der Waals surface area contributed by atoms with Gasteiger partial charge < -0.3 is 10.1 Å². The third-order valence-corrected chi connectivity index (χ3v) is 6.13. The molecular weight excluding hydrogens is 379 g/mol. The van der Waals surface area contributed by atoms with Crippen molar-refractivity contribution in [1.29, 1.82) is 0 Å². The fourth-order valence-electron chi connectivity index (χ4n) is 4.65. The first-order valence-electron chi connectivity index (χ1n) is 10.9. The smallest absolute Gasteiger partial charge is 0.224 e. The van der Waals surface area contributed by atoms with E-state index in [4.69, 9.17) is 4.74 Å². The van der Waals surface area contributed by atoms with Crippen LogP contribution in [-0.2, 0) is 11.3 Å². The summed E-state index contributed by atoms with van der Waals surface area (Å²) < 4.78 is 19.3. The Morgan fingerprint density at radius 1 is 1.23 bits per heavy atom. The quantitative estimate of drug-likeness (QED) is 0.790. The van der Waals surface area contributed by atoms with Gasteiger partial charge >= 0.3 is 0 Å². The summed E-state index contributed by atoms with van der Waals surface area (Å²) in [4.78, 5) is 15.5. The normalized spacial score (nSPS) is 23.3. The summed E-state index contributed by atoms with van der Waals surface area (Å²) in [6, 6.07) is 12.8. The van der Waals surface area contributed by atoms with Crippen LogP contribution >= 0.6 is 0 Å². The van der Waals surface area contributed by atoms with Gasteiger partial charge in [-0.2, -0.15) is 0 Å². The molecule has 2 atom stereocenters. The van der Waals surface area contributed by atoms with Crippen LogP contribution in [0.1, 0.15) is 55.8 Å². The lowest BCUT2D eigenvalue weighted by molar-refractivity contribution is -0.128. The Morgan fingerprint density at radius 3 is 2.77 bits per heavy atom. The number of hydrogen-bond acceptors (Lipinski definition) is 3. The largest absolute Gasteiger partial charge is 0.487 e. The highest BCUT2D eigenvalue weighted by atomic mass is 19.1. The van der Waals surface area contributed by atoms with Gasteiger partial charge in [0.1, 0.15) is 17.2 Å². The number of hydrogen-bond donors (Lipinski definition) is 1. The summed E-state index contributed by atoms with van der Waals surface area (Å²) in [5.41, 5.74) is 3.00. The molecule has 0 unspecified atom stereocenters. The van der Waals surface area contributed by atoms with Gasteiger partial charge in [-0.05, 0) is 63.9 Å². The maximum atomic E-state index is 13.2. The first kappa shape index (κ1) is 20.9. The van der Waals surface area contributed by atoms with Crippen molar-refractivity contribution in [2.24, 2.45) is 5.92 Å². The standard InChI is InChI=1S/C25H31FN2O2/c1-17-6-11-23-21(13-17)22(14-25(2,3)30-23)27-24(29)19-5-4-12-28(16-19)15-18-7-9-20(26)10-8-18/h6-11,13,19,22H,4-5,12,14-16H2,1-3H3,(H,27,29)/t19-,22-/m0/s1. The van der Waals surface area contributed by atoms with Crippen LogP contribution in [0.2, 0.25) is 0 Å². The monoisotopic (exact) mass is 410 g/mol. The van der Waals surface area contributed by atoms with E-state index in [-0.39, 0.29) is 29.3 Å². The maximum Gasteiger partial charge on any atom is 0.224 e. The molecule has 0 aromatic heterocycles. The average molecular weight is 411 g/mol. The molecule has 30 heavy (non-hydrogen) atoms. The molecule has 0 bridgehead atoms. The molecule has 0 saturated carbocycles. The highest BCUT2D eigenvalue weighted by Gasteiger charge is 2.36. The molecule has 4 rings (SSSR count). The molecule has 0 aliphatic carbocycles. The topological polar surface area (TPSA) is 41.6 Å². The summed E-state index contributed by atoms with van der Waals surface area (Å²) in [6.07, 6.45) is 2.65. The Morgan fingerprint density at radius 2 is 2.00 bits per heavy atom. The van der Waals surface area contributed by atoms with Crippen LogP contribution in [0.25, 0.3) is 0 Å². The second kappa shape index (κ2) is 8.38. The zero-order valence-electron chi connectivity index (χ0n) is 18.1. The lowest BCUT2D eigenvalue weighted by atomic mass is 9.88. The number of amides is 1. The average Bonchev–Trinajstić information content (AvgIpc) is 2.70. The van der Waals surface area contributed by atoms with Crippen molar-refractivity contribution in [3.8, 4) is 5.75 Å². The summed E-state index contributed by atoms with van der Waals surface area (Å²) in [5.74, 6) is 0.737. The number of fused-ring (bicyclic) bond motifs is 1. The highest BCUT2D eigenvalue weighted by Crippen LogP contribution is 2.40. The van der Waals surface area contributed by atoms with Gasteiger partial charge in [0.05, 0.1) is 12.0 Å². The van der Waals surface area contributed by atoms with Crippen LogP contribution in [0.15, 0.2) is 42.5 Å². The van der Waals surface area contributed by atoms with Crippen molar-refractivity contribution >= 4 is 5.91 Å². The minimum Gasteiger partial charge on any atom is -0.487 e. The molecule has 2 heterocycles. The fraction of sp³-hybridized carbons (Fsp3) is 0.480. The van der Waals surface area contributed by atoms with Crippen molar-refractivity contribution in [1.82, 2.24) is 10.2 Å². The number of halogens is 1. The number of benzene rings is 2. The molecule has 5 heteroatoms. The zero-order chi connectivity index (χ0) is 21.3. The predicted molar refractivity (Wildman–Crippen MR) is 116 cm³/mol. The lowest BCUT2D eigenvalue weighted by Crippen LogP contribution is -2.46. The van der Waals surface area contributed by atoms with E-state index in [1.54, 1.807) is 0 Å². The fourth-order valence-corrected chi connectivity index (χ4v) is 4.65. The summed E-state index contributed by atoms with van der Waals surface area (Å²) in [7, 11) is 0. The van der Waals surface area contributed by atoms with Gasteiger partial charge in [-0.1, -0.05) is 29.8 Å². The molecule has 0 spiro atoms. The van der Waals surface area contributed by atoms with Gasteiger partial charge in [0.2, 0.25) is 5.91 Å². The Balaban J connectivity index is 1.43. The molecule has 0 radical (unpaired) electrons. The van der Waals surface area contributed by atoms with E-state index < -0.39 is 0 Å². The lowest BCUT2D eigenvalue weighted by Gasteiger charge is -2.39. The van der Waals surface area contributed by atoms with Crippen molar-refractivity contribution in [2.45, 2.75) is 58.2 Å². The van der Waals surface area contributed by atoms with Gasteiger partial charge in [-0.25, -0.2) is 4.39 Å². The first-order valence-corrected chi connectivity index (χ1v) is 10.9. The molecule has 2 aliphatic rings. The summed E-state index contributed by atoms with van der Waals surface area (Å²) in [6.45, 7) is 8.65. The molecule has 160 valence electrons. The van der Waals surface area contributed by atoms with Crippen LogP contribution in [0.5, 0.6) is 5.75 Å². The number of piperidine rings is 1. The summed E-state index contributed by atoms with van der Waals surface area (Å²) in [5, 5.41) is 3.32. The predicted octanol–water partition coefficient (Wildman–Crippen LogP) is 4.76. The third kappa shape index (κ3) is 4.84. The number of nitrogens with one attached hydrogen (secondary N) is 1. The van der Waals surface area contributed by atoms with E-state index in [0.29, 0.717) is 0 Å². The third-order valence-electron chi connectivity index (χ3n) is 6.13. The molecule has 4 nitrogen and oxygen atoms in total. The van der Waals surface area contributed by atoms with E-state index >= 15 is 0 Å². The molecule has 2 aliphatic heterocycles. The molecule has 1 fully saturated rings. The number of aryl methyl sites for hydroxylation is 1. The Labute approximate surface area is 178 Å². The Kier molecular flexibility index (Phi) is 5.83. The van der Waals surface area contributed by atoms with Crippen LogP contribution in [0, 0.1) is 18.7 Å². The molecule has 2 aromatic rings. The molecule has 1 N–H and O–H groups in total. The van der Waals surface area contributed by atoms with Crippen LogP contribution in [-0.4, -0.2) is 29.5 Å². The number of carbonyl (C=O) groups excluding carboxylic acids is 1. The molecule has 2 aromatic carbocycles. The van der Waals surface area contributed by atoms with Gasteiger partial charge in [0.25, 0.3) is 0 Å². The number of nitrogens with zero attached hydrogens (tertiary/aromatic N) is 1. The van der Waals surface area contributed by atoms with Crippen LogP contribution in [0.4, 0.5) is 4.39 Å². The van der Waals surface area contributed by atoms with E-state index in [1.807, 2.05) is 24.3 Å². The van der Waals surface area contributed by atoms with E-state index in [1.165, 1.54) is 17.7 Å². The van der Waals surface area contributed by atoms with E-state index in [2.05, 4.69) is 37.1 Å².